The summed E-state index contributed by atoms with van der Waals surface area (Å²) in [5, 5.41) is 2.75. The average Bonchev–Trinajstić information content (AvgIpc) is 2.91. The molecule has 0 aliphatic carbocycles. The molecule has 42 heavy (non-hydrogen) atoms. The van der Waals surface area contributed by atoms with Gasteiger partial charge in [-0.3, -0.25) is 9.52 Å². The number of benzene rings is 3. The molecule has 0 unspecified atom stereocenters. The third-order valence-corrected chi connectivity index (χ3v) is 10.7. The number of nitrogens with one attached hydrogen (secondary N) is 2. The van der Waals surface area contributed by atoms with Gasteiger partial charge < -0.3 is 5.32 Å². The number of piperidine rings is 1. The molecule has 1 saturated heterocycles. The van der Waals surface area contributed by atoms with Crippen LogP contribution in [0, 0.1) is 5.92 Å². The zero-order valence-electron chi connectivity index (χ0n) is 21.5. The van der Waals surface area contributed by atoms with Gasteiger partial charge in [-0.1, -0.05) is 40.9 Å². The minimum Gasteiger partial charge on any atom is -0.326 e. The average molecular weight is 685 g/mol. The minimum atomic E-state index is -4.77. The van der Waals surface area contributed by atoms with Crippen LogP contribution < -0.4 is 10.0 Å². The second-order valence-corrected chi connectivity index (χ2v) is 14.4. The number of sulfonamides is 2. The van der Waals surface area contributed by atoms with Gasteiger partial charge in [0.2, 0.25) is 15.9 Å². The van der Waals surface area contributed by atoms with E-state index >= 15 is 0 Å². The monoisotopic (exact) mass is 683 g/mol. The molecule has 0 aromatic heterocycles. The van der Waals surface area contributed by atoms with Crippen LogP contribution in [0.5, 0.6) is 0 Å². The summed E-state index contributed by atoms with van der Waals surface area (Å²) in [6.07, 6.45) is -4.22. The molecule has 1 aliphatic rings. The lowest BCUT2D eigenvalue weighted by Crippen LogP contribution is -2.41. The number of amides is 1. The molecule has 1 heterocycles. The van der Waals surface area contributed by atoms with Gasteiger partial charge in [-0.2, -0.15) is 13.2 Å². The fourth-order valence-electron chi connectivity index (χ4n) is 4.30. The molecule has 1 fully saturated rings. The zero-order valence-corrected chi connectivity index (χ0v) is 25.4. The second kappa shape index (κ2) is 12.6. The van der Waals surface area contributed by atoms with E-state index in [2.05, 4.69) is 10.0 Å². The van der Waals surface area contributed by atoms with Crippen LogP contribution in [0.2, 0.25) is 15.1 Å². The summed E-state index contributed by atoms with van der Waals surface area (Å²) >= 11 is 17.6. The number of hydrogen-bond donors (Lipinski definition) is 2. The number of rotatable bonds is 8. The van der Waals surface area contributed by atoms with Gasteiger partial charge in [0.25, 0.3) is 10.0 Å². The quantitative estimate of drug-likeness (QED) is 0.276. The fraction of sp³-hybridized carbons (Fsp3) is 0.269. The SMILES string of the molecule is O=C(Nc1ccc(S(=O)(=O)Nc2ccc(Cl)c(C(F)(F)F)c2)cc1)C1CCN(S(=O)(=O)Cc2ccc(Cl)cc2Cl)CC1. The molecular formula is C26H23Cl3F3N3O5S2. The smallest absolute Gasteiger partial charge is 0.326 e. The molecule has 8 nitrogen and oxygen atoms in total. The van der Waals surface area contributed by atoms with Gasteiger partial charge in [0.1, 0.15) is 0 Å². The van der Waals surface area contributed by atoms with Gasteiger partial charge in [-0.15, -0.1) is 0 Å². The largest absolute Gasteiger partial charge is 0.417 e. The highest BCUT2D eigenvalue weighted by atomic mass is 35.5. The maximum absolute atomic E-state index is 13.1. The molecule has 0 spiro atoms. The number of carbonyl (C=O) groups excluding carboxylic acids is 1. The van der Waals surface area contributed by atoms with E-state index in [0.29, 0.717) is 16.7 Å². The highest BCUT2D eigenvalue weighted by Gasteiger charge is 2.34. The highest BCUT2D eigenvalue weighted by Crippen LogP contribution is 2.36. The molecule has 4 rings (SSSR count). The molecule has 0 bridgehead atoms. The maximum atomic E-state index is 13.1. The Morgan fingerprint density at radius 3 is 2.07 bits per heavy atom. The van der Waals surface area contributed by atoms with Gasteiger partial charge in [-0.05, 0) is 73.0 Å². The molecule has 226 valence electrons. The number of nitrogens with zero attached hydrogens (tertiary/aromatic N) is 1. The van der Waals surface area contributed by atoms with Gasteiger partial charge in [-0.25, -0.2) is 21.1 Å². The molecule has 0 atom stereocenters. The topological polar surface area (TPSA) is 113 Å². The molecule has 3 aromatic rings. The molecular weight excluding hydrogens is 662 g/mol. The molecule has 1 amide bonds. The highest BCUT2D eigenvalue weighted by molar-refractivity contribution is 7.92. The van der Waals surface area contributed by atoms with Crippen molar-refractivity contribution in [3.05, 3.63) is 86.9 Å². The summed E-state index contributed by atoms with van der Waals surface area (Å²) in [5.74, 6) is -1.14. The first-order valence-corrected chi connectivity index (χ1v) is 16.5. The Labute approximate surface area is 255 Å². The van der Waals surface area contributed by atoms with Gasteiger partial charge >= 0.3 is 6.18 Å². The standard InChI is InChI=1S/C26H23Cl3F3N3O5S2/c27-18-2-1-17(24(29)13-18)15-41(37,38)35-11-9-16(10-12-35)25(36)33-19-3-6-21(7-4-19)42(39,40)34-20-5-8-23(28)22(14-20)26(30,31)32/h1-8,13-14,16,34H,9-12,15H2,(H,33,36). The summed E-state index contributed by atoms with van der Waals surface area (Å²) in [6.45, 7) is 0.268. The van der Waals surface area contributed by atoms with E-state index in [1.54, 1.807) is 12.1 Å². The van der Waals surface area contributed by atoms with E-state index < -0.39 is 42.7 Å². The van der Waals surface area contributed by atoms with Crippen molar-refractivity contribution in [2.75, 3.05) is 23.1 Å². The van der Waals surface area contributed by atoms with Crippen molar-refractivity contribution in [1.82, 2.24) is 4.31 Å². The number of anilines is 2. The summed E-state index contributed by atoms with van der Waals surface area (Å²) < 4.78 is 93.9. The summed E-state index contributed by atoms with van der Waals surface area (Å²) in [5.41, 5.74) is -0.802. The predicted molar refractivity (Wildman–Crippen MR) is 156 cm³/mol. The van der Waals surface area contributed by atoms with Crippen LogP contribution in [-0.2, 0) is 36.8 Å². The Balaban J connectivity index is 1.34. The molecule has 3 aromatic carbocycles. The van der Waals surface area contributed by atoms with Gasteiger partial charge in [0.05, 0.1) is 21.2 Å². The lowest BCUT2D eigenvalue weighted by atomic mass is 9.97. The third kappa shape index (κ3) is 7.88. The van der Waals surface area contributed by atoms with Crippen molar-refractivity contribution in [2.45, 2.75) is 29.7 Å². The number of alkyl halides is 3. The predicted octanol–water partition coefficient (Wildman–Crippen LogP) is 6.65. The normalized spacial score (nSPS) is 15.4. The Morgan fingerprint density at radius 2 is 1.48 bits per heavy atom. The molecule has 16 heteroatoms. The summed E-state index contributed by atoms with van der Waals surface area (Å²) in [4.78, 5) is 12.6. The Hall–Kier alpha value is -2.55. The maximum Gasteiger partial charge on any atom is 0.417 e. The van der Waals surface area contributed by atoms with Crippen molar-refractivity contribution in [1.29, 1.82) is 0 Å². The Kier molecular flexibility index (Phi) is 9.70. The van der Waals surface area contributed by atoms with Crippen molar-refractivity contribution in [3.63, 3.8) is 0 Å². The van der Waals surface area contributed by atoms with Crippen LogP contribution in [-0.4, -0.2) is 40.1 Å². The zero-order chi connectivity index (χ0) is 30.9. The van der Waals surface area contributed by atoms with Crippen LogP contribution >= 0.6 is 34.8 Å². The second-order valence-electron chi connectivity index (χ2n) is 9.48. The van der Waals surface area contributed by atoms with E-state index in [1.807, 2.05) is 0 Å². The summed E-state index contributed by atoms with van der Waals surface area (Å²) in [7, 11) is -7.94. The van der Waals surface area contributed by atoms with Crippen molar-refractivity contribution in [3.8, 4) is 0 Å². The van der Waals surface area contributed by atoms with Crippen LogP contribution in [0.3, 0.4) is 0 Å². The number of hydrogen-bond acceptors (Lipinski definition) is 5. The summed E-state index contributed by atoms with van der Waals surface area (Å²) in [6, 6.07) is 12.3. The van der Waals surface area contributed by atoms with Crippen molar-refractivity contribution >= 4 is 72.1 Å². The first kappa shape index (κ1) is 32.4. The van der Waals surface area contributed by atoms with Crippen LogP contribution in [0.1, 0.15) is 24.0 Å². The van der Waals surface area contributed by atoms with E-state index in [1.165, 1.54) is 34.6 Å². The lowest BCUT2D eigenvalue weighted by molar-refractivity contribution is -0.137. The molecule has 1 aliphatic heterocycles. The van der Waals surface area contributed by atoms with E-state index in [-0.39, 0.29) is 58.9 Å². The Morgan fingerprint density at radius 1 is 0.857 bits per heavy atom. The van der Waals surface area contributed by atoms with Crippen LogP contribution in [0.4, 0.5) is 24.5 Å². The van der Waals surface area contributed by atoms with Gasteiger partial charge in [0.15, 0.2) is 0 Å². The third-order valence-electron chi connectivity index (χ3n) is 6.53. The number of carbonyl (C=O) groups is 1. The van der Waals surface area contributed by atoms with Crippen LogP contribution in [0.15, 0.2) is 65.6 Å². The Bertz CT molecular complexity index is 1700. The first-order valence-electron chi connectivity index (χ1n) is 12.3. The minimum absolute atomic E-state index is 0.134. The number of halogens is 6. The van der Waals surface area contributed by atoms with Crippen molar-refractivity contribution < 1.29 is 34.8 Å². The lowest BCUT2D eigenvalue weighted by Gasteiger charge is -2.30. The van der Waals surface area contributed by atoms with E-state index in [0.717, 1.165) is 12.1 Å². The molecule has 2 N–H and O–H groups in total. The van der Waals surface area contributed by atoms with Gasteiger partial charge in [0, 0.05) is 40.4 Å². The first-order chi connectivity index (χ1) is 19.5. The van der Waals surface area contributed by atoms with E-state index in [9.17, 15) is 34.8 Å². The van der Waals surface area contributed by atoms with E-state index in [4.69, 9.17) is 34.8 Å². The van der Waals surface area contributed by atoms with Crippen LogP contribution in [0.25, 0.3) is 0 Å². The molecule has 0 saturated carbocycles. The molecule has 0 radical (unpaired) electrons. The fourth-order valence-corrected chi connectivity index (χ4v) is 7.73. The van der Waals surface area contributed by atoms with Crippen molar-refractivity contribution in [2.24, 2.45) is 5.92 Å².